The molecule has 2 aliphatic carbocycles. The van der Waals surface area contributed by atoms with Crippen LogP contribution in [-0.2, 0) is 4.79 Å². The van der Waals surface area contributed by atoms with E-state index in [4.69, 9.17) is 23.2 Å². The Bertz CT molecular complexity index is 857. The molecular formula is C20H20Cl2N2O2. The van der Waals surface area contributed by atoms with Crippen molar-refractivity contribution in [3.63, 3.8) is 0 Å². The number of aryl methyl sites for hydroxylation is 1. The third kappa shape index (κ3) is 3.11. The Balaban J connectivity index is 1.62. The van der Waals surface area contributed by atoms with Gasteiger partial charge in [-0.15, -0.1) is 0 Å². The maximum absolute atomic E-state index is 13.1. The number of nitrogens with zero attached hydrogens (tertiary/aromatic N) is 1. The normalized spacial score (nSPS) is 29.8. The summed E-state index contributed by atoms with van der Waals surface area (Å²) in [6, 6.07) is 9.07. The molecule has 1 aromatic carbocycles. The number of carbonyl (C=O) groups is 1. The van der Waals surface area contributed by atoms with E-state index in [2.05, 4.69) is 10.3 Å². The summed E-state index contributed by atoms with van der Waals surface area (Å²) in [5.74, 6) is 0.123. The van der Waals surface area contributed by atoms with Crippen LogP contribution in [-0.4, -0.2) is 22.1 Å². The highest BCUT2D eigenvalue weighted by atomic mass is 35.5. The lowest BCUT2D eigenvalue weighted by Crippen LogP contribution is -2.37. The Morgan fingerprint density at radius 2 is 2.00 bits per heavy atom. The highest BCUT2D eigenvalue weighted by Gasteiger charge is 2.55. The second-order valence-electron chi connectivity index (χ2n) is 7.36. The van der Waals surface area contributed by atoms with Gasteiger partial charge in [0.1, 0.15) is 0 Å². The lowest BCUT2D eigenvalue weighted by Gasteiger charge is -2.33. The quantitative estimate of drug-likeness (QED) is 0.814. The first-order chi connectivity index (χ1) is 12.4. The number of hydrogen-bond donors (Lipinski definition) is 2. The van der Waals surface area contributed by atoms with Gasteiger partial charge in [0, 0.05) is 29.4 Å². The molecule has 26 heavy (non-hydrogen) atoms. The lowest BCUT2D eigenvalue weighted by atomic mass is 9.74. The fourth-order valence-corrected chi connectivity index (χ4v) is 5.03. The monoisotopic (exact) mass is 390 g/mol. The zero-order valence-corrected chi connectivity index (χ0v) is 15.8. The fourth-order valence-electron chi connectivity index (χ4n) is 4.73. The molecule has 0 aliphatic heterocycles. The van der Waals surface area contributed by atoms with Crippen LogP contribution in [0.2, 0.25) is 10.0 Å². The predicted octanol–water partition coefficient (Wildman–Crippen LogP) is 4.44. The van der Waals surface area contributed by atoms with E-state index in [1.807, 2.05) is 19.1 Å². The van der Waals surface area contributed by atoms with Crippen molar-refractivity contribution in [1.82, 2.24) is 4.98 Å². The maximum Gasteiger partial charge on any atom is 0.228 e. The Hall–Kier alpha value is -1.62. The Kier molecular flexibility index (Phi) is 4.68. The van der Waals surface area contributed by atoms with E-state index < -0.39 is 0 Å². The van der Waals surface area contributed by atoms with Gasteiger partial charge in [0.2, 0.25) is 5.91 Å². The predicted molar refractivity (Wildman–Crippen MR) is 103 cm³/mol. The minimum Gasteiger partial charge on any atom is -0.393 e. The largest absolute Gasteiger partial charge is 0.393 e. The SMILES string of the molecule is Cc1cc([C@@H]2[C@@H]3C[C@@H](C[C@H]3O)[C@@H]2C(=O)Nc2ccc(Cl)c(Cl)c2)ccn1. The van der Waals surface area contributed by atoms with Crippen molar-refractivity contribution in [2.24, 2.45) is 17.8 Å². The second kappa shape index (κ2) is 6.84. The molecule has 1 heterocycles. The number of aromatic nitrogens is 1. The minimum absolute atomic E-state index is 0.00761. The lowest BCUT2D eigenvalue weighted by molar-refractivity contribution is -0.122. The number of pyridine rings is 1. The van der Waals surface area contributed by atoms with Gasteiger partial charge in [-0.2, -0.15) is 0 Å². The first-order valence-electron chi connectivity index (χ1n) is 8.80. The molecule has 136 valence electrons. The van der Waals surface area contributed by atoms with Gasteiger partial charge in [0.25, 0.3) is 0 Å². The number of aliphatic hydroxyl groups excluding tert-OH is 1. The summed E-state index contributed by atoms with van der Waals surface area (Å²) in [7, 11) is 0. The van der Waals surface area contributed by atoms with Gasteiger partial charge < -0.3 is 10.4 Å². The average Bonchev–Trinajstić information content (AvgIpc) is 3.15. The second-order valence-corrected chi connectivity index (χ2v) is 8.18. The summed E-state index contributed by atoms with van der Waals surface area (Å²) < 4.78 is 0. The van der Waals surface area contributed by atoms with E-state index in [0.717, 1.165) is 17.7 Å². The number of hydrogen-bond acceptors (Lipinski definition) is 3. The molecule has 2 bridgehead atoms. The molecule has 1 amide bonds. The van der Waals surface area contributed by atoms with Crippen molar-refractivity contribution in [1.29, 1.82) is 0 Å². The van der Waals surface area contributed by atoms with Gasteiger partial charge in [-0.05, 0) is 67.5 Å². The third-order valence-corrected chi connectivity index (χ3v) is 6.50. The number of amides is 1. The van der Waals surface area contributed by atoms with Crippen LogP contribution in [0.25, 0.3) is 0 Å². The van der Waals surface area contributed by atoms with Crippen LogP contribution in [0.1, 0.15) is 30.0 Å². The molecule has 2 aliphatic rings. The van der Waals surface area contributed by atoms with Crippen molar-refractivity contribution >= 4 is 34.8 Å². The number of benzene rings is 1. The van der Waals surface area contributed by atoms with Crippen molar-refractivity contribution in [2.45, 2.75) is 31.8 Å². The number of anilines is 1. The molecule has 2 N–H and O–H groups in total. The van der Waals surface area contributed by atoms with Gasteiger partial charge in [0.15, 0.2) is 0 Å². The molecule has 2 aromatic rings. The summed E-state index contributed by atoms with van der Waals surface area (Å²) in [5.41, 5.74) is 2.64. The fraction of sp³-hybridized carbons (Fsp3) is 0.400. The Morgan fingerprint density at radius 3 is 2.73 bits per heavy atom. The molecule has 4 nitrogen and oxygen atoms in total. The molecule has 1 aromatic heterocycles. The number of halogens is 2. The molecule has 0 radical (unpaired) electrons. The first kappa shape index (κ1) is 17.8. The standard InChI is InChI=1S/C20H20Cl2N2O2/c1-10-6-11(4-5-23-10)18-14-7-12(8-17(14)25)19(18)20(26)24-13-2-3-15(21)16(22)9-13/h2-6,9,12,14,17-19,25H,7-8H2,1H3,(H,24,26)/t12-,14+,17+,18+,19-/m0/s1. The van der Waals surface area contributed by atoms with E-state index in [0.29, 0.717) is 22.2 Å². The molecule has 0 unspecified atom stereocenters. The molecule has 0 spiro atoms. The summed E-state index contributed by atoms with van der Waals surface area (Å²) >= 11 is 12.0. The molecule has 4 rings (SSSR count). The first-order valence-corrected chi connectivity index (χ1v) is 9.56. The zero-order chi connectivity index (χ0) is 18.4. The van der Waals surface area contributed by atoms with Crippen LogP contribution in [0, 0.1) is 24.7 Å². The van der Waals surface area contributed by atoms with Crippen LogP contribution in [0.15, 0.2) is 36.5 Å². The van der Waals surface area contributed by atoms with E-state index >= 15 is 0 Å². The molecule has 5 atom stereocenters. The van der Waals surface area contributed by atoms with Crippen molar-refractivity contribution in [3.05, 3.63) is 57.8 Å². The van der Waals surface area contributed by atoms with Crippen LogP contribution in [0.4, 0.5) is 5.69 Å². The number of fused-ring (bicyclic) bond motifs is 2. The minimum atomic E-state index is -0.340. The Morgan fingerprint density at radius 1 is 1.19 bits per heavy atom. The molecule has 0 saturated heterocycles. The molecule has 2 fully saturated rings. The van der Waals surface area contributed by atoms with E-state index in [-0.39, 0.29) is 35.7 Å². The van der Waals surface area contributed by atoms with Crippen LogP contribution < -0.4 is 5.32 Å². The number of rotatable bonds is 3. The molecule has 2 saturated carbocycles. The summed E-state index contributed by atoms with van der Waals surface area (Å²) in [5, 5.41) is 14.3. The smallest absolute Gasteiger partial charge is 0.228 e. The van der Waals surface area contributed by atoms with Crippen molar-refractivity contribution in [2.75, 3.05) is 5.32 Å². The topological polar surface area (TPSA) is 62.2 Å². The number of aliphatic hydroxyl groups is 1. The van der Waals surface area contributed by atoms with Crippen LogP contribution in [0.3, 0.4) is 0 Å². The van der Waals surface area contributed by atoms with Crippen molar-refractivity contribution < 1.29 is 9.90 Å². The van der Waals surface area contributed by atoms with Gasteiger partial charge in [0.05, 0.1) is 16.1 Å². The van der Waals surface area contributed by atoms with Gasteiger partial charge >= 0.3 is 0 Å². The third-order valence-electron chi connectivity index (χ3n) is 5.76. The van der Waals surface area contributed by atoms with Crippen LogP contribution in [0.5, 0.6) is 0 Å². The summed E-state index contributed by atoms with van der Waals surface area (Å²) in [6.45, 7) is 1.94. The Labute approximate surface area is 162 Å². The van der Waals surface area contributed by atoms with Gasteiger partial charge in [-0.25, -0.2) is 0 Å². The van der Waals surface area contributed by atoms with Gasteiger partial charge in [-0.1, -0.05) is 23.2 Å². The summed E-state index contributed by atoms with van der Waals surface area (Å²) in [4.78, 5) is 17.3. The van der Waals surface area contributed by atoms with E-state index in [1.54, 1.807) is 24.4 Å². The number of nitrogens with one attached hydrogen (secondary N) is 1. The summed E-state index contributed by atoms with van der Waals surface area (Å²) in [6.07, 6.45) is 3.00. The van der Waals surface area contributed by atoms with E-state index in [1.165, 1.54) is 0 Å². The van der Waals surface area contributed by atoms with Crippen molar-refractivity contribution in [3.8, 4) is 0 Å². The maximum atomic E-state index is 13.1. The highest BCUT2D eigenvalue weighted by molar-refractivity contribution is 6.42. The van der Waals surface area contributed by atoms with Gasteiger partial charge in [-0.3, -0.25) is 9.78 Å². The average molecular weight is 391 g/mol. The van der Waals surface area contributed by atoms with Crippen LogP contribution >= 0.6 is 23.2 Å². The van der Waals surface area contributed by atoms with E-state index in [9.17, 15) is 9.90 Å². The number of carbonyl (C=O) groups excluding carboxylic acids is 1. The molecule has 6 heteroatoms. The highest BCUT2D eigenvalue weighted by Crippen LogP contribution is 2.57. The zero-order valence-electron chi connectivity index (χ0n) is 14.3. The molecular weight excluding hydrogens is 371 g/mol.